The Morgan fingerprint density at radius 1 is 1.17 bits per heavy atom. The van der Waals surface area contributed by atoms with Crippen molar-refractivity contribution in [3.05, 3.63) is 29.8 Å². The van der Waals surface area contributed by atoms with Crippen molar-refractivity contribution in [2.24, 2.45) is 11.3 Å². The third-order valence-electron chi connectivity index (χ3n) is 4.76. The largest absolute Gasteiger partial charge is 0.240 e. The highest BCUT2D eigenvalue weighted by atomic mass is 32.2. The fourth-order valence-electron chi connectivity index (χ4n) is 3.94. The molecule has 0 radical (unpaired) electrons. The summed E-state index contributed by atoms with van der Waals surface area (Å²) >= 11 is 0. The molecule has 2 unspecified atom stereocenters. The monoisotopic (exact) mass is 337 g/mol. The molecule has 0 aromatic heterocycles. The Balaban J connectivity index is 2.06. The fraction of sp³-hybridized carbons (Fsp3) is 0.684. The van der Waals surface area contributed by atoms with Crippen molar-refractivity contribution in [3.63, 3.8) is 0 Å². The lowest BCUT2D eigenvalue weighted by Gasteiger charge is -2.39. The van der Waals surface area contributed by atoms with E-state index in [1.54, 1.807) is 12.1 Å². The van der Waals surface area contributed by atoms with Crippen molar-refractivity contribution in [1.29, 1.82) is 0 Å². The van der Waals surface area contributed by atoms with Crippen LogP contribution < -0.4 is 4.72 Å². The number of hydrogen-bond acceptors (Lipinski definition) is 2. The second-order valence-electron chi connectivity index (χ2n) is 7.98. The smallest absolute Gasteiger partial charge is 0.208 e. The summed E-state index contributed by atoms with van der Waals surface area (Å²) in [5.41, 5.74) is 1.41. The van der Waals surface area contributed by atoms with Gasteiger partial charge in [-0.3, -0.25) is 0 Å². The van der Waals surface area contributed by atoms with Crippen LogP contribution in [-0.2, 0) is 16.4 Å². The van der Waals surface area contributed by atoms with Gasteiger partial charge in [0, 0.05) is 6.04 Å². The van der Waals surface area contributed by atoms with Crippen molar-refractivity contribution in [2.75, 3.05) is 0 Å². The lowest BCUT2D eigenvalue weighted by Crippen LogP contribution is -2.42. The van der Waals surface area contributed by atoms with Crippen LogP contribution in [0.25, 0.3) is 0 Å². The fourth-order valence-corrected chi connectivity index (χ4v) is 5.19. The maximum atomic E-state index is 12.6. The number of rotatable bonds is 6. The molecule has 0 aliphatic heterocycles. The molecule has 1 aromatic carbocycles. The molecule has 0 bridgehead atoms. The molecule has 23 heavy (non-hydrogen) atoms. The molecule has 0 heterocycles. The number of unbranched alkanes of at least 4 members (excludes halogenated alkanes) is 1. The molecule has 4 heteroatoms. The molecule has 1 aromatic rings. The van der Waals surface area contributed by atoms with E-state index in [1.807, 2.05) is 12.1 Å². The minimum Gasteiger partial charge on any atom is -0.208 e. The second-order valence-corrected chi connectivity index (χ2v) is 9.69. The van der Waals surface area contributed by atoms with Crippen LogP contribution in [0.5, 0.6) is 0 Å². The summed E-state index contributed by atoms with van der Waals surface area (Å²) in [6.07, 6.45) is 6.30. The van der Waals surface area contributed by atoms with Crippen molar-refractivity contribution in [3.8, 4) is 0 Å². The van der Waals surface area contributed by atoms with Crippen LogP contribution in [-0.4, -0.2) is 14.5 Å². The Bertz CT molecular complexity index is 605. The Hall–Kier alpha value is -0.870. The summed E-state index contributed by atoms with van der Waals surface area (Å²) in [6, 6.07) is 7.41. The van der Waals surface area contributed by atoms with Crippen LogP contribution in [0.4, 0.5) is 0 Å². The summed E-state index contributed by atoms with van der Waals surface area (Å²) in [4.78, 5) is 0.383. The van der Waals surface area contributed by atoms with Gasteiger partial charge in [-0.25, -0.2) is 13.1 Å². The molecule has 2 atom stereocenters. The van der Waals surface area contributed by atoms with Crippen molar-refractivity contribution in [1.82, 2.24) is 4.72 Å². The molecule has 1 aliphatic rings. The molecule has 130 valence electrons. The van der Waals surface area contributed by atoms with E-state index in [-0.39, 0.29) is 11.5 Å². The van der Waals surface area contributed by atoms with Gasteiger partial charge in [0.2, 0.25) is 10.0 Å². The van der Waals surface area contributed by atoms with Crippen LogP contribution >= 0.6 is 0 Å². The first-order valence-corrected chi connectivity index (χ1v) is 10.3. The van der Waals surface area contributed by atoms with Gasteiger partial charge in [0.25, 0.3) is 0 Å². The molecule has 1 fully saturated rings. The van der Waals surface area contributed by atoms with Crippen LogP contribution in [0.3, 0.4) is 0 Å². The third kappa shape index (κ3) is 5.32. The molecule has 3 nitrogen and oxygen atoms in total. The van der Waals surface area contributed by atoms with Gasteiger partial charge in [-0.05, 0) is 61.1 Å². The van der Waals surface area contributed by atoms with Crippen molar-refractivity contribution in [2.45, 2.75) is 77.2 Å². The van der Waals surface area contributed by atoms with E-state index >= 15 is 0 Å². The van der Waals surface area contributed by atoms with Gasteiger partial charge in [0.1, 0.15) is 0 Å². The van der Waals surface area contributed by atoms with Gasteiger partial charge >= 0.3 is 0 Å². The molecule has 0 spiro atoms. The van der Waals surface area contributed by atoms with Gasteiger partial charge in [0.15, 0.2) is 0 Å². The average molecular weight is 338 g/mol. The number of sulfonamides is 1. The molecule has 1 aliphatic carbocycles. The van der Waals surface area contributed by atoms with Gasteiger partial charge in [-0.2, -0.15) is 0 Å². The Morgan fingerprint density at radius 2 is 1.83 bits per heavy atom. The van der Waals surface area contributed by atoms with E-state index in [0.717, 1.165) is 38.5 Å². The highest BCUT2D eigenvalue weighted by Gasteiger charge is 2.34. The van der Waals surface area contributed by atoms with Crippen molar-refractivity contribution < 1.29 is 8.42 Å². The standard InChI is InChI=1S/C19H31NO2S/c1-5-6-7-16-8-10-18(11-9-16)23(21,22)20-17-12-15(2)13-19(3,4)14-17/h8-11,15,17,20H,5-7,12-14H2,1-4H3. The molecular weight excluding hydrogens is 306 g/mol. The topological polar surface area (TPSA) is 46.2 Å². The summed E-state index contributed by atoms with van der Waals surface area (Å²) in [5.74, 6) is 0.558. The SMILES string of the molecule is CCCCc1ccc(S(=O)(=O)NC2CC(C)CC(C)(C)C2)cc1. The van der Waals surface area contributed by atoms with Crippen LogP contribution in [0.15, 0.2) is 29.2 Å². The number of benzene rings is 1. The van der Waals surface area contributed by atoms with Gasteiger partial charge in [0.05, 0.1) is 4.90 Å². The minimum absolute atomic E-state index is 0.0403. The molecule has 0 saturated heterocycles. The first-order chi connectivity index (χ1) is 10.7. The number of hydrogen-bond donors (Lipinski definition) is 1. The predicted octanol–water partition coefficient (Wildman–Crippen LogP) is 4.52. The maximum absolute atomic E-state index is 12.6. The first kappa shape index (κ1) is 18.5. The quantitative estimate of drug-likeness (QED) is 0.829. The van der Waals surface area contributed by atoms with E-state index < -0.39 is 10.0 Å². The van der Waals surface area contributed by atoms with E-state index in [0.29, 0.717) is 10.8 Å². The van der Waals surface area contributed by atoms with Gasteiger partial charge in [-0.1, -0.05) is 46.2 Å². The summed E-state index contributed by atoms with van der Waals surface area (Å²) in [6.45, 7) is 8.83. The molecule has 0 amide bonds. The zero-order valence-corrected chi connectivity index (χ0v) is 15.7. The molecular formula is C19H31NO2S. The zero-order chi connectivity index (χ0) is 17.1. The summed E-state index contributed by atoms with van der Waals surface area (Å²) in [7, 11) is -3.42. The minimum atomic E-state index is -3.42. The zero-order valence-electron chi connectivity index (χ0n) is 14.9. The predicted molar refractivity (Wildman–Crippen MR) is 96.0 cm³/mol. The van der Waals surface area contributed by atoms with Gasteiger partial charge in [-0.15, -0.1) is 0 Å². The lowest BCUT2D eigenvalue weighted by atomic mass is 9.71. The van der Waals surface area contributed by atoms with Crippen molar-refractivity contribution >= 4 is 10.0 Å². The average Bonchev–Trinajstić information content (AvgIpc) is 2.42. The Kier molecular flexibility index (Phi) is 5.90. The first-order valence-electron chi connectivity index (χ1n) is 8.83. The summed E-state index contributed by atoms with van der Waals surface area (Å²) < 4.78 is 28.2. The van der Waals surface area contributed by atoms with Crippen LogP contribution in [0, 0.1) is 11.3 Å². The maximum Gasteiger partial charge on any atom is 0.240 e. The highest BCUT2D eigenvalue weighted by molar-refractivity contribution is 7.89. The normalized spacial score (nSPS) is 24.5. The van der Waals surface area contributed by atoms with Crippen LogP contribution in [0.1, 0.15) is 65.4 Å². The van der Waals surface area contributed by atoms with E-state index in [2.05, 4.69) is 32.4 Å². The Morgan fingerprint density at radius 3 is 2.39 bits per heavy atom. The summed E-state index contributed by atoms with van der Waals surface area (Å²) in [5, 5.41) is 0. The highest BCUT2D eigenvalue weighted by Crippen LogP contribution is 2.38. The third-order valence-corrected chi connectivity index (χ3v) is 6.30. The van der Waals surface area contributed by atoms with E-state index in [4.69, 9.17) is 0 Å². The molecule has 2 rings (SSSR count). The van der Waals surface area contributed by atoms with E-state index in [9.17, 15) is 8.42 Å². The number of nitrogens with one attached hydrogen (secondary N) is 1. The number of aryl methyl sites for hydroxylation is 1. The van der Waals surface area contributed by atoms with E-state index in [1.165, 1.54) is 5.56 Å². The Labute approximate surface area is 141 Å². The molecule has 1 N–H and O–H groups in total. The van der Waals surface area contributed by atoms with Crippen LogP contribution in [0.2, 0.25) is 0 Å². The lowest BCUT2D eigenvalue weighted by molar-refractivity contribution is 0.163. The van der Waals surface area contributed by atoms with Gasteiger partial charge < -0.3 is 0 Å². The second kappa shape index (κ2) is 7.35. The molecule has 1 saturated carbocycles.